The van der Waals surface area contributed by atoms with Crippen molar-refractivity contribution in [3.8, 4) is 0 Å². The fourth-order valence-corrected chi connectivity index (χ4v) is 2.21. The van der Waals surface area contributed by atoms with E-state index in [1.807, 2.05) is 19.9 Å². The van der Waals surface area contributed by atoms with Crippen molar-refractivity contribution in [2.45, 2.75) is 45.6 Å². The minimum Gasteiger partial charge on any atom is -0.374 e. The van der Waals surface area contributed by atoms with Crippen LogP contribution in [0.4, 0.5) is 11.4 Å². The molecule has 1 aliphatic carbocycles. The molecule has 0 aliphatic heterocycles. The van der Waals surface area contributed by atoms with Crippen LogP contribution in [-0.2, 0) is 0 Å². The molecule has 1 N–H and O–H groups in total. The molecule has 2 rings (SSSR count). The Morgan fingerprint density at radius 2 is 1.88 bits per heavy atom. The van der Waals surface area contributed by atoms with Gasteiger partial charge in [-0.3, -0.25) is 10.1 Å². The fourth-order valence-electron chi connectivity index (χ4n) is 2.21. The largest absolute Gasteiger partial charge is 0.374 e. The van der Waals surface area contributed by atoms with E-state index in [0.717, 1.165) is 24.0 Å². The van der Waals surface area contributed by atoms with E-state index >= 15 is 0 Å². The highest BCUT2D eigenvalue weighted by Gasteiger charge is 2.33. The zero-order valence-corrected chi connectivity index (χ0v) is 10.5. The van der Waals surface area contributed by atoms with Gasteiger partial charge in [0.15, 0.2) is 0 Å². The summed E-state index contributed by atoms with van der Waals surface area (Å²) in [5.74, 6) is 0. The molecule has 4 heteroatoms. The molecule has 4 nitrogen and oxygen atoms in total. The average molecular weight is 234 g/mol. The van der Waals surface area contributed by atoms with Crippen molar-refractivity contribution in [1.82, 2.24) is 0 Å². The van der Waals surface area contributed by atoms with Crippen LogP contribution in [0.1, 0.15) is 37.3 Å². The van der Waals surface area contributed by atoms with E-state index in [1.54, 1.807) is 6.07 Å². The second-order valence-corrected chi connectivity index (χ2v) is 5.25. The first-order valence-electron chi connectivity index (χ1n) is 5.95. The van der Waals surface area contributed by atoms with Crippen LogP contribution >= 0.6 is 0 Å². The van der Waals surface area contributed by atoms with Crippen LogP contribution in [0.25, 0.3) is 0 Å². The molecule has 0 bridgehead atoms. The average Bonchev–Trinajstić information content (AvgIpc) is 2.20. The number of hydrogen-bond acceptors (Lipinski definition) is 3. The van der Waals surface area contributed by atoms with Crippen LogP contribution in [0, 0.1) is 24.0 Å². The Morgan fingerprint density at radius 1 is 1.29 bits per heavy atom. The number of nitrogens with one attached hydrogen (secondary N) is 1. The van der Waals surface area contributed by atoms with Gasteiger partial charge in [0.1, 0.15) is 5.69 Å². The zero-order chi connectivity index (χ0) is 12.6. The number of rotatable bonds is 3. The molecule has 0 aromatic heterocycles. The first-order valence-corrected chi connectivity index (χ1v) is 5.95. The summed E-state index contributed by atoms with van der Waals surface area (Å²) in [5, 5.41) is 14.4. The molecule has 1 fully saturated rings. The van der Waals surface area contributed by atoms with Crippen LogP contribution < -0.4 is 5.32 Å². The van der Waals surface area contributed by atoms with Crippen LogP contribution in [0.15, 0.2) is 12.1 Å². The van der Waals surface area contributed by atoms with E-state index in [1.165, 1.54) is 6.42 Å². The van der Waals surface area contributed by atoms with Gasteiger partial charge in [-0.05, 0) is 57.2 Å². The maximum Gasteiger partial charge on any atom is 0.292 e. The third-order valence-corrected chi connectivity index (χ3v) is 3.70. The molecule has 0 unspecified atom stereocenters. The highest BCUT2D eigenvalue weighted by atomic mass is 16.6. The molecule has 1 aromatic carbocycles. The number of nitro groups is 1. The summed E-state index contributed by atoms with van der Waals surface area (Å²) in [5.41, 5.74) is 2.91. The maximum absolute atomic E-state index is 11.0. The van der Waals surface area contributed by atoms with Gasteiger partial charge in [0, 0.05) is 11.6 Å². The number of nitro benzene ring substituents is 1. The van der Waals surface area contributed by atoms with Gasteiger partial charge in [-0.2, -0.15) is 0 Å². The van der Waals surface area contributed by atoms with Gasteiger partial charge in [0.25, 0.3) is 5.69 Å². The Bertz CT molecular complexity index is 465. The van der Waals surface area contributed by atoms with Crippen LogP contribution in [0.5, 0.6) is 0 Å². The van der Waals surface area contributed by atoms with Gasteiger partial charge in [-0.1, -0.05) is 0 Å². The smallest absolute Gasteiger partial charge is 0.292 e. The third kappa shape index (κ3) is 2.25. The monoisotopic (exact) mass is 234 g/mol. The van der Waals surface area contributed by atoms with Gasteiger partial charge < -0.3 is 5.32 Å². The minimum absolute atomic E-state index is 0.0342. The van der Waals surface area contributed by atoms with Crippen molar-refractivity contribution in [2.75, 3.05) is 5.32 Å². The number of nitrogens with zero attached hydrogens (tertiary/aromatic N) is 1. The van der Waals surface area contributed by atoms with E-state index in [4.69, 9.17) is 0 Å². The molecular formula is C13H18N2O2. The van der Waals surface area contributed by atoms with E-state index < -0.39 is 0 Å². The van der Waals surface area contributed by atoms with E-state index in [-0.39, 0.29) is 16.1 Å². The maximum atomic E-state index is 11.0. The minimum atomic E-state index is -0.309. The topological polar surface area (TPSA) is 55.2 Å². The van der Waals surface area contributed by atoms with Crippen molar-refractivity contribution in [2.24, 2.45) is 0 Å². The molecule has 17 heavy (non-hydrogen) atoms. The molecule has 0 amide bonds. The quantitative estimate of drug-likeness (QED) is 0.642. The Kier molecular flexibility index (Phi) is 2.81. The summed E-state index contributed by atoms with van der Waals surface area (Å²) < 4.78 is 0. The van der Waals surface area contributed by atoms with Gasteiger partial charge >= 0.3 is 0 Å². The van der Waals surface area contributed by atoms with Crippen molar-refractivity contribution >= 4 is 11.4 Å². The molecular weight excluding hydrogens is 216 g/mol. The summed E-state index contributed by atoms with van der Waals surface area (Å²) in [6, 6.07) is 3.54. The first-order chi connectivity index (χ1) is 7.91. The van der Waals surface area contributed by atoms with Gasteiger partial charge in [0.2, 0.25) is 0 Å². The van der Waals surface area contributed by atoms with Gasteiger partial charge in [-0.15, -0.1) is 0 Å². The molecule has 1 saturated carbocycles. The summed E-state index contributed by atoms with van der Waals surface area (Å²) >= 11 is 0. The molecule has 92 valence electrons. The lowest BCUT2D eigenvalue weighted by Crippen LogP contribution is -2.41. The Morgan fingerprint density at radius 3 is 2.35 bits per heavy atom. The molecule has 0 radical (unpaired) electrons. The SMILES string of the molecule is Cc1cc(NC2(C)CCC2)c([N+](=O)[O-])cc1C. The third-order valence-electron chi connectivity index (χ3n) is 3.70. The van der Waals surface area contributed by atoms with Gasteiger partial charge in [-0.25, -0.2) is 0 Å². The van der Waals surface area contributed by atoms with Crippen molar-refractivity contribution in [1.29, 1.82) is 0 Å². The Hall–Kier alpha value is -1.58. The predicted molar refractivity (Wildman–Crippen MR) is 68.4 cm³/mol. The normalized spacial score (nSPS) is 17.4. The lowest BCUT2D eigenvalue weighted by molar-refractivity contribution is -0.384. The molecule has 0 saturated heterocycles. The molecule has 0 atom stereocenters. The summed E-state index contributed by atoms with van der Waals surface area (Å²) in [6.45, 7) is 6.00. The predicted octanol–water partition coefficient (Wildman–Crippen LogP) is 3.57. The molecule has 0 heterocycles. The van der Waals surface area contributed by atoms with E-state index in [9.17, 15) is 10.1 Å². The molecule has 0 spiro atoms. The highest BCUT2D eigenvalue weighted by molar-refractivity contribution is 5.65. The lowest BCUT2D eigenvalue weighted by Gasteiger charge is -2.40. The summed E-state index contributed by atoms with van der Waals surface area (Å²) in [6.07, 6.45) is 3.36. The van der Waals surface area contributed by atoms with Crippen LogP contribution in [-0.4, -0.2) is 10.5 Å². The number of benzene rings is 1. The van der Waals surface area contributed by atoms with E-state index in [0.29, 0.717) is 5.69 Å². The zero-order valence-electron chi connectivity index (χ0n) is 10.5. The van der Waals surface area contributed by atoms with Crippen molar-refractivity contribution in [3.63, 3.8) is 0 Å². The van der Waals surface area contributed by atoms with Crippen molar-refractivity contribution < 1.29 is 4.92 Å². The Balaban J connectivity index is 2.37. The fraction of sp³-hybridized carbons (Fsp3) is 0.538. The van der Waals surface area contributed by atoms with Gasteiger partial charge in [0.05, 0.1) is 4.92 Å². The second kappa shape index (κ2) is 4.02. The summed E-state index contributed by atoms with van der Waals surface area (Å²) in [4.78, 5) is 10.7. The van der Waals surface area contributed by atoms with E-state index in [2.05, 4.69) is 12.2 Å². The standard InChI is InChI=1S/C13H18N2O2/c1-9-7-11(14-13(3)5-4-6-13)12(15(16)17)8-10(9)2/h7-8,14H,4-6H2,1-3H3. The van der Waals surface area contributed by atoms with Crippen LogP contribution in [0.2, 0.25) is 0 Å². The summed E-state index contributed by atoms with van der Waals surface area (Å²) in [7, 11) is 0. The van der Waals surface area contributed by atoms with Crippen LogP contribution in [0.3, 0.4) is 0 Å². The molecule has 1 aliphatic rings. The highest BCUT2D eigenvalue weighted by Crippen LogP contribution is 2.38. The number of anilines is 1. The van der Waals surface area contributed by atoms with Crippen molar-refractivity contribution in [3.05, 3.63) is 33.4 Å². The first kappa shape index (κ1) is 11.9. The number of aryl methyl sites for hydroxylation is 2. The second-order valence-electron chi connectivity index (χ2n) is 5.25. The number of hydrogen-bond donors (Lipinski definition) is 1. The lowest BCUT2D eigenvalue weighted by atomic mass is 9.78. The molecule has 1 aromatic rings. The Labute approximate surface area is 101 Å².